The maximum absolute atomic E-state index is 10.3. The minimum absolute atomic E-state index is 0.0671. The highest BCUT2D eigenvalue weighted by Gasteiger charge is 2.05. The predicted molar refractivity (Wildman–Crippen MR) is 45.3 cm³/mol. The fourth-order valence-corrected chi connectivity index (χ4v) is 0.654. The molecule has 0 bridgehead atoms. The van der Waals surface area contributed by atoms with Crippen molar-refractivity contribution in [2.45, 2.75) is 0 Å². The summed E-state index contributed by atoms with van der Waals surface area (Å²) in [5, 5.41) is 17.3. The van der Waals surface area contributed by atoms with E-state index in [1.807, 2.05) is 0 Å². The summed E-state index contributed by atoms with van der Waals surface area (Å²) in [5.41, 5.74) is -0.0671. The van der Waals surface area contributed by atoms with Crippen molar-refractivity contribution in [1.82, 2.24) is 0 Å². The zero-order valence-corrected chi connectivity index (χ0v) is 7.51. The molecule has 1 aromatic rings. The first-order chi connectivity index (χ1) is 6.13. The highest BCUT2D eigenvalue weighted by atomic mass is 28.2. The van der Waals surface area contributed by atoms with E-state index in [0.29, 0.717) is 0 Å². The lowest BCUT2D eigenvalue weighted by Crippen LogP contribution is -1.95. The Hall–Kier alpha value is -1.37. The third-order valence-electron chi connectivity index (χ3n) is 1.13. The number of carboxylic acid groups (broad SMARTS) is 1. The minimum atomic E-state index is -1.11. The normalized spacial score (nSPS) is 8.46. The molecule has 1 aromatic carbocycles. The van der Waals surface area contributed by atoms with E-state index in [1.165, 1.54) is 12.1 Å². The summed E-state index contributed by atoms with van der Waals surface area (Å²) in [7, 11) is -0.917. The first-order valence-corrected chi connectivity index (χ1v) is 4.07. The number of aromatic hydroxyl groups is 1. The molecule has 0 atom stereocenters. The molecule has 6 heteroatoms. The maximum Gasteiger partial charge on any atom is 0.427 e. The van der Waals surface area contributed by atoms with Crippen molar-refractivity contribution in [3.8, 4) is 5.75 Å². The van der Waals surface area contributed by atoms with Crippen molar-refractivity contribution >= 4 is 16.0 Å². The molecule has 1 rings (SSSR count). The molecular formula is C7H8O5Si. The Kier molecular flexibility index (Phi) is 5.52. The highest BCUT2D eigenvalue weighted by Crippen LogP contribution is 2.14. The molecule has 0 heterocycles. The molecule has 5 nitrogen and oxygen atoms in total. The summed E-state index contributed by atoms with van der Waals surface area (Å²) in [6.45, 7) is 0. The van der Waals surface area contributed by atoms with Crippen LogP contribution in [0.4, 0.5) is 0 Å². The Bertz CT molecular complexity index is 275. The van der Waals surface area contributed by atoms with E-state index < -0.39 is 16.0 Å². The molecule has 0 aliphatic rings. The topological polar surface area (TPSA) is 98.0 Å². The molecule has 0 fully saturated rings. The zero-order chi connectivity index (χ0) is 10.3. The number of carboxylic acids is 1. The average molecular weight is 200 g/mol. The minimum Gasteiger partial charge on any atom is -0.507 e. The van der Waals surface area contributed by atoms with Crippen molar-refractivity contribution < 1.29 is 24.6 Å². The summed E-state index contributed by atoms with van der Waals surface area (Å²) < 4.78 is 0. The second-order valence-electron chi connectivity index (χ2n) is 1.92. The molecule has 0 saturated heterocycles. The van der Waals surface area contributed by atoms with Crippen molar-refractivity contribution in [1.29, 1.82) is 0 Å². The van der Waals surface area contributed by atoms with E-state index in [1.54, 1.807) is 12.1 Å². The van der Waals surface area contributed by atoms with Gasteiger partial charge < -0.3 is 19.8 Å². The first kappa shape index (κ1) is 11.6. The van der Waals surface area contributed by atoms with Crippen LogP contribution in [0, 0.1) is 0 Å². The molecule has 13 heavy (non-hydrogen) atoms. The van der Waals surface area contributed by atoms with Crippen LogP contribution in [0.3, 0.4) is 0 Å². The van der Waals surface area contributed by atoms with Gasteiger partial charge >= 0.3 is 16.0 Å². The molecule has 2 radical (unpaired) electrons. The lowest BCUT2D eigenvalue weighted by molar-refractivity contribution is 0.0693. The largest absolute Gasteiger partial charge is 0.507 e. The standard InChI is InChI=1S/C7H6O3.H2O2Si/c8-6-4-2-1-3-5(6)7(9)10;1-3-2/h1-4,8H,(H,9,10);1-2H. The number of hydrogen-bond acceptors (Lipinski definition) is 4. The van der Waals surface area contributed by atoms with E-state index in [9.17, 15) is 4.79 Å². The van der Waals surface area contributed by atoms with Crippen LogP contribution >= 0.6 is 0 Å². The Morgan fingerprint density at radius 2 is 1.69 bits per heavy atom. The lowest BCUT2D eigenvalue weighted by Gasteiger charge is -1.95. The molecule has 0 amide bonds. The Labute approximate surface area is 77.0 Å². The van der Waals surface area contributed by atoms with Gasteiger partial charge in [-0.2, -0.15) is 0 Å². The van der Waals surface area contributed by atoms with E-state index >= 15 is 0 Å². The number of carbonyl (C=O) groups is 1. The van der Waals surface area contributed by atoms with Crippen LogP contribution < -0.4 is 0 Å². The zero-order valence-electron chi connectivity index (χ0n) is 6.51. The van der Waals surface area contributed by atoms with Gasteiger partial charge in [-0.25, -0.2) is 4.79 Å². The fraction of sp³-hybridized carbons (Fsp3) is 0. The molecule has 0 spiro atoms. The van der Waals surface area contributed by atoms with Crippen molar-refractivity contribution in [2.24, 2.45) is 0 Å². The van der Waals surface area contributed by atoms with Gasteiger partial charge in [-0.15, -0.1) is 0 Å². The molecule has 0 aliphatic heterocycles. The lowest BCUT2D eigenvalue weighted by atomic mass is 10.2. The van der Waals surface area contributed by atoms with E-state index in [4.69, 9.17) is 19.8 Å². The number of hydrogen-bond donors (Lipinski definition) is 4. The SMILES string of the molecule is O=C(O)c1ccccc1O.O[Si]O. The monoisotopic (exact) mass is 200 g/mol. The first-order valence-electron chi connectivity index (χ1n) is 3.18. The van der Waals surface area contributed by atoms with E-state index in [2.05, 4.69) is 0 Å². The summed E-state index contributed by atoms with van der Waals surface area (Å²) in [6.07, 6.45) is 0. The third kappa shape index (κ3) is 4.26. The summed E-state index contributed by atoms with van der Waals surface area (Å²) >= 11 is 0. The molecule has 0 aromatic heterocycles. The smallest absolute Gasteiger partial charge is 0.427 e. The van der Waals surface area contributed by atoms with Gasteiger partial charge in [0.2, 0.25) is 0 Å². The second-order valence-corrected chi connectivity index (χ2v) is 2.12. The average Bonchev–Trinajstić information content (AvgIpc) is 2.06. The van der Waals surface area contributed by atoms with Gasteiger partial charge in [0.1, 0.15) is 11.3 Å². The second kappa shape index (κ2) is 6.18. The van der Waals surface area contributed by atoms with Gasteiger partial charge in [-0.3, -0.25) is 0 Å². The molecule has 70 valence electrons. The van der Waals surface area contributed by atoms with Gasteiger partial charge in [0.15, 0.2) is 0 Å². The summed E-state index contributed by atoms with van der Waals surface area (Å²) in [6, 6.07) is 5.81. The molecule has 0 unspecified atom stereocenters. The predicted octanol–water partition coefficient (Wildman–Crippen LogP) is -0.404. The number of phenols is 1. The van der Waals surface area contributed by atoms with Crippen molar-refractivity contribution in [2.75, 3.05) is 0 Å². The number of benzene rings is 1. The Morgan fingerprint density at radius 3 is 2.00 bits per heavy atom. The third-order valence-corrected chi connectivity index (χ3v) is 1.13. The van der Waals surface area contributed by atoms with Crippen molar-refractivity contribution in [3.05, 3.63) is 29.8 Å². The van der Waals surface area contributed by atoms with Gasteiger partial charge in [-0.05, 0) is 12.1 Å². The molecule has 4 N–H and O–H groups in total. The molecule has 0 saturated carbocycles. The van der Waals surface area contributed by atoms with Gasteiger partial charge in [0.05, 0.1) is 0 Å². The number of para-hydroxylation sites is 1. The van der Waals surface area contributed by atoms with E-state index in [-0.39, 0.29) is 11.3 Å². The van der Waals surface area contributed by atoms with Crippen LogP contribution in [-0.2, 0) is 0 Å². The Balaban J connectivity index is 0.000000424. The molecular weight excluding hydrogens is 192 g/mol. The highest BCUT2D eigenvalue weighted by molar-refractivity contribution is 6.13. The maximum atomic E-state index is 10.3. The van der Waals surface area contributed by atoms with Gasteiger partial charge in [-0.1, -0.05) is 12.1 Å². The summed E-state index contributed by atoms with van der Waals surface area (Å²) in [5.74, 6) is -1.31. The van der Waals surface area contributed by atoms with Crippen LogP contribution in [0.5, 0.6) is 5.75 Å². The van der Waals surface area contributed by atoms with Crippen LogP contribution in [0.25, 0.3) is 0 Å². The number of rotatable bonds is 1. The fourth-order valence-electron chi connectivity index (χ4n) is 0.654. The van der Waals surface area contributed by atoms with Crippen LogP contribution in [0.2, 0.25) is 0 Å². The van der Waals surface area contributed by atoms with Crippen LogP contribution in [0.1, 0.15) is 10.4 Å². The van der Waals surface area contributed by atoms with Gasteiger partial charge in [0, 0.05) is 0 Å². The van der Waals surface area contributed by atoms with Crippen LogP contribution in [-0.4, -0.2) is 35.8 Å². The van der Waals surface area contributed by atoms with Crippen LogP contribution in [0.15, 0.2) is 24.3 Å². The van der Waals surface area contributed by atoms with Gasteiger partial charge in [0.25, 0.3) is 0 Å². The summed E-state index contributed by atoms with van der Waals surface area (Å²) in [4.78, 5) is 24.6. The van der Waals surface area contributed by atoms with Crippen molar-refractivity contribution in [3.63, 3.8) is 0 Å². The number of aromatic carboxylic acids is 1. The van der Waals surface area contributed by atoms with E-state index in [0.717, 1.165) is 0 Å². The quantitative estimate of drug-likeness (QED) is 0.462. The Morgan fingerprint density at radius 1 is 1.23 bits per heavy atom. The molecule has 0 aliphatic carbocycles.